The molecule has 1 aromatic carbocycles. The predicted molar refractivity (Wildman–Crippen MR) is 68.8 cm³/mol. The number of aromatic amines is 1. The van der Waals surface area contributed by atoms with Crippen LogP contribution in [0.5, 0.6) is 11.5 Å². The lowest BCUT2D eigenvalue weighted by Gasteiger charge is -2.09. The molecule has 0 amide bonds. The fourth-order valence-corrected chi connectivity index (χ4v) is 1.86. The van der Waals surface area contributed by atoms with Crippen LogP contribution in [0.1, 0.15) is 16.1 Å². The Bertz CT molecular complexity index is 619. The van der Waals surface area contributed by atoms with Crippen LogP contribution >= 0.6 is 0 Å². The topological polar surface area (TPSA) is 84.4 Å². The van der Waals surface area contributed by atoms with Crippen molar-refractivity contribution in [1.29, 1.82) is 0 Å². The molecule has 6 heteroatoms. The number of aromatic carboxylic acids is 1. The highest BCUT2D eigenvalue weighted by Crippen LogP contribution is 2.34. The van der Waals surface area contributed by atoms with Gasteiger partial charge in [-0.2, -0.15) is 5.10 Å². The minimum atomic E-state index is -1.04. The molecule has 0 aliphatic rings. The molecule has 2 rings (SSSR count). The zero-order valence-electron chi connectivity index (χ0n) is 10.9. The summed E-state index contributed by atoms with van der Waals surface area (Å²) in [5.74, 6) is 0.196. The average molecular weight is 262 g/mol. The number of H-pyrrole nitrogens is 1. The second-order valence-corrected chi connectivity index (χ2v) is 3.94. The zero-order valence-corrected chi connectivity index (χ0v) is 10.9. The number of aromatic nitrogens is 2. The molecule has 0 aliphatic carbocycles. The van der Waals surface area contributed by atoms with Crippen LogP contribution in [0, 0.1) is 6.92 Å². The molecule has 19 heavy (non-hydrogen) atoms. The highest BCUT2D eigenvalue weighted by molar-refractivity contribution is 5.90. The van der Waals surface area contributed by atoms with Crippen LogP contribution in [-0.2, 0) is 0 Å². The van der Waals surface area contributed by atoms with Crippen molar-refractivity contribution in [3.63, 3.8) is 0 Å². The fraction of sp³-hybridized carbons (Fsp3) is 0.231. The molecule has 0 atom stereocenters. The quantitative estimate of drug-likeness (QED) is 0.881. The Kier molecular flexibility index (Phi) is 3.41. The van der Waals surface area contributed by atoms with Crippen molar-refractivity contribution in [2.75, 3.05) is 14.2 Å². The molecule has 0 fully saturated rings. The van der Waals surface area contributed by atoms with Gasteiger partial charge in [0.2, 0.25) is 0 Å². The van der Waals surface area contributed by atoms with Crippen molar-refractivity contribution in [2.24, 2.45) is 0 Å². The van der Waals surface area contributed by atoms with E-state index in [9.17, 15) is 4.79 Å². The van der Waals surface area contributed by atoms with Crippen molar-refractivity contribution < 1.29 is 19.4 Å². The molecule has 2 N–H and O–H groups in total. The molecule has 1 aromatic heterocycles. The molecule has 0 saturated carbocycles. The maximum atomic E-state index is 11.0. The Morgan fingerprint density at radius 1 is 1.32 bits per heavy atom. The van der Waals surface area contributed by atoms with Crippen LogP contribution in [0.25, 0.3) is 11.3 Å². The Morgan fingerprint density at radius 3 is 2.58 bits per heavy atom. The lowest BCUT2D eigenvalue weighted by Crippen LogP contribution is -1.98. The van der Waals surface area contributed by atoms with Gasteiger partial charge >= 0.3 is 5.97 Å². The average Bonchev–Trinajstić information content (AvgIpc) is 2.79. The number of nitrogens with zero attached hydrogens (tertiary/aromatic N) is 1. The summed E-state index contributed by atoms with van der Waals surface area (Å²) in [6.07, 6.45) is 0. The largest absolute Gasteiger partial charge is 0.497 e. The summed E-state index contributed by atoms with van der Waals surface area (Å²) in [7, 11) is 3.11. The number of ether oxygens (including phenoxy) is 2. The lowest BCUT2D eigenvalue weighted by atomic mass is 10.1. The number of benzene rings is 1. The highest BCUT2D eigenvalue weighted by Gasteiger charge is 2.18. The Hall–Kier alpha value is -2.50. The molecule has 0 spiro atoms. The van der Waals surface area contributed by atoms with E-state index in [2.05, 4.69) is 10.2 Å². The van der Waals surface area contributed by atoms with Crippen molar-refractivity contribution in [2.45, 2.75) is 6.92 Å². The van der Waals surface area contributed by atoms with Gasteiger partial charge in [-0.05, 0) is 19.1 Å². The summed E-state index contributed by atoms with van der Waals surface area (Å²) in [6.45, 7) is 1.70. The third-order valence-corrected chi connectivity index (χ3v) is 2.89. The van der Waals surface area contributed by atoms with Crippen LogP contribution in [0.4, 0.5) is 0 Å². The van der Waals surface area contributed by atoms with Crippen molar-refractivity contribution in [3.8, 4) is 22.8 Å². The fourth-order valence-electron chi connectivity index (χ4n) is 1.86. The van der Waals surface area contributed by atoms with Crippen LogP contribution in [0.2, 0.25) is 0 Å². The van der Waals surface area contributed by atoms with Gasteiger partial charge in [0.25, 0.3) is 0 Å². The predicted octanol–water partition coefficient (Wildman–Crippen LogP) is 2.10. The monoisotopic (exact) mass is 262 g/mol. The highest BCUT2D eigenvalue weighted by atomic mass is 16.5. The summed E-state index contributed by atoms with van der Waals surface area (Å²) in [5.41, 5.74) is 1.91. The molecule has 100 valence electrons. The molecule has 0 radical (unpaired) electrons. The van der Waals surface area contributed by atoms with Gasteiger partial charge in [-0.15, -0.1) is 0 Å². The van der Waals surface area contributed by atoms with Crippen molar-refractivity contribution in [3.05, 3.63) is 29.5 Å². The maximum Gasteiger partial charge on any atom is 0.354 e. The maximum absolute atomic E-state index is 11.0. The Morgan fingerprint density at radius 2 is 2.05 bits per heavy atom. The first-order valence-electron chi connectivity index (χ1n) is 5.59. The van der Waals surface area contributed by atoms with Gasteiger partial charge in [0.15, 0.2) is 0 Å². The Labute approximate surface area is 110 Å². The molecule has 2 aromatic rings. The number of methoxy groups -OCH3 is 2. The molecular formula is C13H14N2O4. The molecule has 0 saturated heterocycles. The van der Waals surface area contributed by atoms with E-state index in [1.54, 1.807) is 39.3 Å². The number of rotatable bonds is 4. The number of hydrogen-bond donors (Lipinski definition) is 2. The van der Waals surface area contributed by atoms with E-state index in [-0.39, 0.29) is 5.69 Å². The lowest BCUT2D eigenvalue weighted by molar-refractivity contribution is 0.0689. The number of hydrogen-bond acceptors (Lipinski definition) is 4. The van der Waals surface area contributed by atoms with E-state index in [0.717, 1.165) is 0 Å². The van der Waals surface area contributed by atoms with Gasteiger partial charge in [-0.3, -0.25) is 5.10 Å². The first-order chi connectivity index (χ1) is 9.08. The van der Waals surface area contributed by atoms with E-state index in [4.69, 9.17) is 14.6 Å². The van der Waals surface area contributed by atoms with Crippen LogP contribution in [0.15, 0.2) is 18.2 Å². The molecular weight excluding hydrogens is 248 g/mol. The summed E-state index contributed by atoms with van der Waals surface area (Å²) in [4.78, 5) is 11.0. The summed E-state index contributed by atoms with van der Waals surface area (Å²) < 4.78 is 10.4. The van der Waals surface area contributed by atoms with Gasteiger partial charge in [0.1, 0.15) is 17.2 Å². The molecule has 0 unspecified atom stereocenters. The third-order valence-electron chi connectivity index (χ3n) is 2.89. The second-order valence-electron chi connectivity index (χ2n) is 3.94. The summed E-state index contributed by atoms with van der Waals surface area (Å²) >= 11 is 0. The second kappa shape index (κ2) is 5.01. The first kappa shape index (κ1) is 12.9. The number of carboxylic acids is 1. The summed E-state index contributed by atoms with van der Waals surface area (Å²) in [6, 6.07) is 5.28. The zero-order chi connectivity index (χ0) is 14.0. The standard InChI is InChI=1S/C13H14N2O4/c1-7-11(14-15-12(7)13(16)17)9-5-4-8(18-2)6-10(9)19-3/h4-6H,1-3H3,(H,14,15)(H,16,17). The number of carboxylic acid groups (broad SMARTS) is 1. The number of nitrogens with one attached hydrogen (secondary N) is 1. The smallest absolute Gasteiger partial charge is 0.354 e. The van der Waals surface area contributed by atoms with E-state index < -0.39 is 5.97 Å². The van der Waals surface area contributed by atoms with E-state index >= 15 is 0 Å². The Balaban J connectivity index is 2.55. The third kappa shape index (κ3) is 2.24. The van der Waals surface area contributed by atoms with Crippen LogP contribution in [0.3, 0.4) is 0 Å². The molecule has 6 nitrogen and oxygen atoms in total. The normalized spacial score (nSPS) is 10.3. The van der Waals surface area contributed by atoms with E-state index in [1.165, 1.54) is 0 Å². The van der Waals surface area contributed by atoms with Gasteiger partial charge in [-0.1, -0.05) is 0 Å². The molecule has 0 aliphatic heterocycles. The van der Waals surface area contributed by atoms with E-state index in [1.807, 2.05) is 0 Å². The van der Waals surface area contributed by atoms with Gasteiger partial charge in [-0.25, -0.2) is 4.79 Å². The number of carbonyl (C=O) groups is 1. The minimum Gasteiger partial charge on any atom is -0.497 e. The van der Waals surface area contributed by atoms with Crippen LogP contribution in [-0.4, -0.2) is 35.5 Å². The SMILES string of the molecule is COc1ccc(-c2n[nH]c(C(=O)O)c2C)c(OC)c1. The first-order valence-corrected chi connectivity index (χ1v) is 5.59. The minimum absolute atomic E-state index is 0.0767. The van der Waals surface area contributed by atoms with Crippen molar-refractivity contribution in [1.82, 2.24) is 10.2 Å². The van der Waals surface area contributed by atoms with Crippen LogP contribution < -0.4 is 9.47 Å². The van der Waals surface area contributed by atoms with Gasteiger partial charge < -0.3 is 14.6 Å². The van der Waals surface area contributed by atoms with Gasteiger partial charge in [0.05, 0.1) is 19.9 Å². The molecule has 0 bridgehead atoms. The van der Waals surface area contributed by atoms with Gasteiger partial charge in [0, 0.05) is 17.2 Å². The van der Waals surface area contributed by atoms with Crippen molar-refractivity contribution >= 4 is 5.97 Å². The molecule has 1 heterocycles. The van der Waals surface area contributed by atoms with E-state index in [0.29, 0.717) is 28.3 Å². The summed E-state index contributed by atoms with van der Waals surface area (Å²) in [5, 5.41) is 15.6.